The lowest BCUT2D eigenvalue weighted by Gasteiger charge is -2.26. The fourth-order valence-corrected chi connectivity index (χ4v) is 4.11. The van der Waals surface area contributed by atoms with E-state index in [0.717, 1.165) is 5.56 Å². The van der Waals surface area contributed by atoms with Gasteiger partial charge in [-0.3, -0.25) is 4.79 Å². The quantitative estimate of drug-likeness (QED) is 0.728. The molecular weight excluding hydrogens is 388 g/mol. The number of carbonyl (C=O) groups excluding carboxylic acids is 2. The Labute approximate surface area is 175 Å². The van der Waals surface area contributed by atoms with Crippen molar-refractivity contribution in [2.75, 3.05) is 52.3 Å². The van der Waals surface area contributed by atoms with Crippen molar-refractivity contribution in [1.82, 2.24) is 15.1 Å². The first-order valence-electron chi connectivity index (χ1n) is 9.72. The van der Waals surface area contributed by atoms with Crippen LogP contribution in [0, 0.1) is 0 Å². The van der Waals surface area contributed by atoms with Crippen LogP contribution in [0.25, 0.3) is 0 Å². The second kappa shape index (κ2) is 10.4. The number of anilines is 1. The number of carbonyl (C=O) groups is 2. The Morgan fingerprint density at radius 2 is 1.90 bits per heavy atom. The fourth-order valence-electron chi connectivity index (χ4n) is 3.19. The molecular formula is C21H28N4O3S. The molecule has 1 aromatic heterocycles. The number of likely N-dealkylation sites (N-methyl/N-ethyl adjacent to an activating group) is 1. The normalized spacial score (nSPS) is 15.2. The number of amides is 3. The predicted molar refractivity (Wildman–Crippen MR) is 115 cm³/mol. The van der Waals surface area contributed by atoms with Gasteiger partial charge in [0.25, 0.3) is 0 Å². The molecule has 1 saturated heterocycles. The standard InChI is InChI=1S/C21H28N4O3S/c1-24(2)18(19-4-3-13-29-19)15-22-21(27)23-17-7-5-16(6-8-17)14-20(26)25-9-11-28-12-10-25/h3-8,13,18H,9-12,14-15H2,1-2H3,(H2,22,23,27)/t18-/m1/s1. The van der Waals surface area contributed by atoms with E-state index < -0.39 is 0 Å². The van der Waals surface area contributed by atoms with Crippen molar-refractivity contribution in [3.05, 3.63) is 52.2 Å². The molecule has 0 radical (unpaired) electrons. The van der Waals surface area contributed by atoms with Crippen LogP contribution in [0.5, 0.6) is 0 Å². The van der Waals surface area contributed by atoms with Crippen molar-refractivity contribution in [3.8, 4) is 0 Å². The van der Waals surface area contributed by atoms with Gasteiger partial charge in [-0.1, -0.05) is 18.2 Å². The van der Waals surface area contributed by atoms with E-state index in [-0.39, 0.29) is 18.0 Å². The molecule has 3 rings (SSSR count). The average molecular weight is 417 g/mol. The summed E-state index contributed by atoms with van der Waals surface area (Å²) in [7, 11) is 4.00. The van der Waals surface area contributed by atoms with E-state index in [1.165, 1.54) is 4.88 Å². The van der Waals surface area contributed by atoms with Gasteiger partial charge in [0.1, 0.15) is 0 Å². The zero-order valence-corrected chi connectivity index (χ0v) is 17.7. The SMILES string of the molecule is CN(C)[C@H](CNC(=O)Nc1ccc(CC(=O)N2CCOCC2)cc1)c1cccs1. The molecule has 0 aliphatic carbocycles. The smallest absolute Gasteiger partial charge is 0.319 e. The zero-order valence-electron chi connectivity index (χ0n) is 16.9. The highest BCUT2D eigenvalue weighted by Crippen LogP contribution is 2.22. The van der Waals surface area contributed by atoms with Crippen molar-refractivity contribution in [2.45, 2.75) is 12.5 Å². The maximum atomic E-state index is 12.3. The molecule has 1 aromatic carbocycles. The van der Waals surface area contributed by atoms with Crippen LogP contribution in [0.15, 0.2) is 41.8 Å². The average Bonchev–Trinajstić information content (AvgIpc) is 3.24. The van der Waals surface area contributed by atoms with Gasteiger partial charge < -0.3 is 25.2 Å². The molecule has 1 aliphatic rings. The van der Waals surface area contributed by atoms with Gasteiger partial charge in [0.15, 0.2) is 0 Å². The largest absolute Gasteiger partial charge is 0.378 e. The Morgan fingerprint density at radius 1 is 1.17 bits per heavy atom. The van der Waals surface area contributed by atoms with E-state index in [4.69, 9.17) is 4.74 Å². The Morgan fingerprint density at radius 3 is 2.52 bits per heavy atom. The van der Waals surface area contributed by atoms with Crippen molar-refractivity contribution in [1.29, 1.82) is 0 Å². The molecule has 1 fully saturated rings. The van der Waals surface area contributed by atoms with Gasteiger partial charge in [-0.05, 0) is 43.2 Å². The molecule has 0 saturated carbocycles. The summed E-state index contributed by atoms with van der Waals surface area (Å²) in [5.74, 6) is 0.107. The summed E-state index contributed by atoms with van der Waals surface area (Å²) >= 11 is 1.68. The Bertz CT molecular complexity index is 787. The van der Waals surface area contributed by atoms with E-state index in [2.05, 4.69) is 21.6 Å². The first kappa shape index (κ1) is 21.3. The minimum absolute atomic E-state index is 0.107. The van der Waals surface area contributed by atoms with Crippen LogP contribution in [0.1, 0.15) is 16.5 Å². The highest BCUT2D eigenvalue weighted by Gasteiger charge is 2.18. The van der Waals surface area contributed by atoms with E-state index in [1.807, 2.05) is 54.7 Å². The summed E-state index contributed by atoms with van der Waals surface area (Å²) in [6, 6.07) is 11.4. The Kier molecular flexibility index (Phi) is 7.62. The molecule has 8 heteroatoms. The first-order valence-corrected chi connectivity index (χ1v) is 10.6. The second-order valence-electron chi connectivity index (χ2n) is 7.20. The topological polar surface area (TPSA) is 73.9 Å². The minimum atomic E-state index is -0.245. The summed E-state index contributed by atoms with van der Waals surface area (Å²) in [5, 5.41) is 7.82. The molecule has 29 heavy (non-hydrogen) atoms. The number of thiophene rings is 1. The summed E-state index contributed by atoms with van der Waals surface area (Å²) in [4.78, 5) is 29.7. The van der Waals surface area contributed by atoms with Gasteiger partial charge in [-0.15, -0.1) is 11.3 Å². The molecule has 7 nitrogen and oxygen atoms in total. The number of urea groups is 1. The van der Waals surface area contributed by atoms with Gasteiger partial charge in [-0.2, -0.15) is 0 Å². The maximum Gasteiger partial charge on any atom is 0.319 e. The third-order valence-electron chi connectivity index (χ3n) is 4.88. The molecule has 2 heterocycles. The summed E-state index contributed by atoms with van der Waals surface area (Å²) in [6.45, 7) is 3.03. The molecule has 0 spiro atoms. The number of morpholine rings is 1. The van der Waals surface area contributed by atoms with E-state index in [1.54, 1.807) is 11.3 Å². The van der Waals surface area contributed by atoms with Crippen LogP contribution in [-0.4, -0.2) is 68.7 Å². The van der Waals surface area contributed by atoms with Gasteiger partial charge in [0.05, 0.1) is 25.7 Å². The highest BCUT2D eigenvalue weighted by molar-refractivity contribution is 7.10. The lowest BCUT2D eigenvalue weighted by molar-refractivity contribution is -0.134. The number of benzene rings is 1. The summed E-state index contributed by atoms with van der Waals surface area (Å²) < 4.78 is 5.28. The third-order valence-corrected chi connectivity index (χ3v) is 5.86. The van der Waals surface area contributed by atoms with E-state index >= 15 is 0 Å². The molecule has 156 valence electrons. The molecule has 0 unspecified atom stereocenters. The highest BCUT2D eigenvalue weighted by atomic mass is 32.1. The monoisotopic (exact) mass is 416 g/mol. The number of nitrogens with zero attached hydrogens (tertiary/aromatic N) is 2. The van der Waals surface area contributed by atoms with Crippen molar-refractivity contribution < 1.29 is 14.3 Å². The number of ether oxygens (including phenoxy) is 1. The lowest BCUT2D eigenvalue weighted by Crippen LogP contribution is -2.41. The van der Waals surface area contributed by atoms with Crippen molar-refractivity contribution in [2.24, 2.45) is 0 Å². The van der Waals surface area contributed by atoms with Crippen LogP contribution in [-0.2, 0) is 16.0 Å². The molecule has 2 N–H and O–H groups in total. The van der Waals surface area contributed by atoms with Gasteiger partial charge in [0.2, 0.25) is 5.91 Å². The molecule has 1 aliphatic heterocycles. The van der Waals surface area contributed by atoms with Gasteiger partial charge in [0, 0.05) is 30.2 Å². The van der Waals surface area contributed by atoms with Crippen LogP contribution in [0.3, 0.4) is 0 Å². The van der Waals surface area contributed by atoms with Gasteiger partial charge >= 0.3 is 6.03 Å². The fraction of sp³-hybridized carbons (Fsp3) is 0.429. The van der Waals surface area contributed by atoms with Crippen LogP contribution in [0.2, 0.25) is 0 Å². The third kappa shape index (κ3) is 6.28. The van der Waals surface area contributed by atoms with Crippen molar-refractivity contribution in [3.63, 3.8) is 0 Å². The first-order chi connectivity index (χ1) is 14.0. The summed E-state index contributed by atoms with van der Waals surface area (Å²) in [5.41, 5.74) is 1.63. The van der Waals surface area contributed by atoms with Crippen LogP contribution in [0.4, 0.5) is 10.5 Å². The number of hydrogen-bond donors (Lipinski definition) is 2. The van der Waals surface area contributed by atoms with Crippen LogP contribution < -0.4 is 10.6 Å². The lowest BCUT2D eigenvalue weighted by atomic mass is 10.1. The molecule has 3 amide bonds. The van der Waals surface area contributed by atoms with Crippen LogP contribution >= 0.6 is 11.3 Å². The molecule has 0 bridgehead atoms. The van der Waals surface area contributed by atoms with E-state index in [0.29, 0.717) is 45.0 Å². The van der Waals surface area contributed by atoms with Crippen molar-refractivity contribution >= 4 is 29.0 Å². The Hall–Kier alpha value is -2.42. The number of rotatable bonds is 7. The predicted octanol–water partition coefficient (Wildman–Crippen LogP) is 2.57. The number of hydrogen-bond acceptors (Lipinski definition) is 5. The second-order valence-corrected chi connectivity index (χ2v) is 8.18. The summed E-state index contributed by atoms with van der Waals surface area (Å²) in [6.07, 6.45) is 0.359. The minimum Gasteiger partial charge on any atom is -0.378 e. The van der Waals surface area contributed by atoms with E-state index in [9.17, 15) is 9.59 Å². The molecule has 1 atom stereocenters. The zero-order chi connectivity index (χ0) is 20.6. The molecule has 2 aromatic rings. The van der Waals surface area contributed by atoms with Gasteiger partial charge in [-0.25, -0.2) is 4.79 Å². The maximum absolute atomic E-state index is 12.3. The number of nitrogens with one attached hydrogen (secondary N) is 2. The Balaban J connectivity index is 1.47.